The van der Waals surface area contributed by atoms with Gasteiger partial charge < -0.3 is 9.15 Å². The molecule has 0 N–H and O–H groups in total. The summed E-state index contributed by atoms with van der Waals surface area (Å²) in [5.41, 5.74) is 1.10. The zero-order chi connectivity index (χ0) is 11.5. The van der Waals surface area contributed by atoms with Crippen LogP contribution in [0.3, 0.4) is 0 Å². The van der Waals surface area contributed by atoms with E-state index in [1.54, 1.807) is 18.2 Å². The second-order valence-electron chi connectivity index (χ2n) is 3.22. The molecule has 0 fully saturated rings. The molecule has 0 bridgehead atoms. The number of para-hydroxylation sites is 1. The van der Waals surface area contributed by atoms with Crippen LogP contribution in [0.25, 0.3) is 11.0 Å². The Morgan fingerprint density at radius 1 is 1.50 bits per heavy atom. The summed E-state index contributed by atoms with van der Waals surface area (Å²) in [7, 11) is 1.52. The molecule has 16 heavy (non-hydrogen) atoms. The molecule has 0 saturated carbocycles. The average Bonchev–Trinajstić information content (AvgIpc) is 2.72. The lowest BCUT2D eigenvalue weighted by molar-refractivity contribution is -0.182. The highest BCUT2D eigenvalue weighted by atomic mass is 19.3. The first-order valence-corrected chi connectivity index (χ1v) is 4.60. The highest BCUT2D eigenvalue weighted by molar-refractivity contribution is 5.89. The van der Waals surface area contributed by atoms with E-state index in [0.29, 0.717) is 22.3 Å². The molecule has 5 heteroatoms. The summed E-state index contributed by atoms with van der Waals surface area (Å²) in [6.45, 7) is 0. The molecule has 2 rings (SSSR count). The van der Waals surface area contributed by atoms with Gasteiger partial charge in [-0.25, -0.2) is 4.79 Å². The Morgan fingerprint density at radius 2 is 2.31 bits per heavy atom. The largest absolute Gasteiger partial charge is 0.493 e. The van der Waals surface area contributed by atoms with E-state index in [1.165, 1.54) is 13.4 Å². The maximum absolute atomic E-state index is 11.6. The molecule has 0 radical (unpaired) electrons. The van der Waals surface area contributed by atoms with Crippen LogP contribution < -0.4 is 4.74 Å². The molecule has 1 aromatic heterocycles. The highest BCUT2D eigenvalue weighted by Crippen LogP contribution is 2.29. The fourth-order valence-corrected chi connectivity index (χ4v) is 1.56. The normalized spacial score (nSPS) is 10.4. The zero-order valence-corrected chi connectivity index (χ0v) is 8.53. The SMILES string of the molecule is COc1cccc2c(CC(=O)OF)coc12. The number of benzene rings is 1. The number of hydrogen-bond acceptors (Lipinski definition) is 4. The lowest BCUT2D eigenvalue weighted by Gasteiger charge is -1.99. The van der Waals surface area contributed by atoms with Crippen LogP contribution in [0.5, 0.6) is 5.75 Å². The minimum absolute atomic E-state index is 0.170. The van der Waals surface area contributed by atoms with Gasteiger partial charge in [-0.15, -0.1) is 0 Å². The first-order valence-electron chi connectivity index (χ1n) is 4.60. The Labute approximate surface area is 90.5 Å². The molecule has 0 saturated heterocycles. The van der Waals surface area contributed by atoms with Gasteiger partial charge in [0.1, 0.15) is 0 Å². The van der Waals surface area contributed by atoms with Crippen LogP contribution in [0.4, 0.5) is 4.53 Å². The van der Waals surface area contributed by atoms with E-state index in [0.717, 1.165) is 0 Å². The van der Waals surface area contributed by atoms with Gasteiger partial charge in [0.15, 0.2) is 11.3 Å². The van der Waals surface area contributed by atoms with Gasteiger partial charge in [-0.1, -0.05) is 12.1 Å². The summed E-state index contributed by atoms with van der Waals surface area (Å²) in [5, 5.41) is 0.713. The third-order valence-electron chi connectivity index (χ3n) is 2.28. The number of hydrogen-bond donors (Lipinski definition) is 0. The van der Waals surface area contributed by atoms with Gasteiger partial charge in [0.25, 0.3) is 0 Å². The van der Waals surface area contributed by atoms with E-state index >= 15 is 0 Å². The lowest BCUT2D eigenvalue weighted by Crippen LogP contribution is -2.01. The predicted molar refractivity (Wildman–Crippen MR) is 53.7 cm³/mol. The molecule has 0 unspecified atom stereocenters. The van der Waals surface area contributed by atoms with Crippen molar-refractivity contribution >= 4 is 16.9 Å². The van der Waals surface area contributed by atoms with Crippen LogP contribution in [0, 0.1) is 0 Å². The van der Waals surface area contributed by atoms with Crippen LogP contribution in [-0.4, -0.2) is 13.1 Å². The second kappa shape index (κ2) is 4.22. The Bertz CT molecular complexity index is 518. The summed E-state index contributed by atoms with van der Waals surface area (Å²) >= 11 is 0. The number of carbonyl (C=O) groups excluding carboxylic acids is 1. The van der Waals surface area contributed by atoms with Crippen molar-refractivity contribution in [2.45, 2.75) is 6.42 Å². The third-order valence-corrected chi connectivity index (χ3v) is 2.28. The summed E-state index contributed by atoms with van der Waals surface area (Å²) in [6.07, 6.45) is 1.22. The van der Waals surface area contributed by atoms with E-state index in [9.17, 15) is 9.32 Å². The average molecular weight is 224 g/mol. The molecule has 0 atom stereocenters. The number of methoxy groups -OCH3 is 1. The molecule has 0 amide bonds. The molecular weight excluding hydrogens is 215 g/mol. The Balaban J connectivity index is 2.45. The maximum atomic E-state index is 11.6. The Hall–Kier alpha value is -2.04. The zero-order valence-electron chi connectivity index (χ0n) is 8.53. The number of fused-ring (bicyclic) bond motifs is 1. The molecular formula is C11H9FO4. The van der Waals surface area contributed by atoms with Gasteiger partial charge in [0, 0.05) is 15.5 Å². The predicted octanol–water partition coefficient (Wildman–Crippen LogP) is 2.41. The molecule has 0 spiro atoms. The fraction of sp³-hybridized carbons (Fsp3) is 0.182. The van der Waals surface area contributed by atoms with Crippen LogP contribution in [-0.2, 0) is 16.2 Å². The topological polar surface area (TPSA) is 48.7 Å². The van der Waals surface area contributed by atoms with Gasteiger partial charge in [0.2, 0.25) is 0 Å². The van der Waals surface area contributed by atoms with Crippen molar-refractivity contribution in [2.24, 2.45) is 0 Å². The van der Waals surface area contributed by atoms with Crippen LogP contribution in [0.2, 0.25) is 0 Å². The summed E-state index contributed by atoms with van der Waals surface area (Å²) in [5.74, 6) is -0.386. The fourth-order valence-electron chi connectivity index (χ4n) is 1.56. The van der Waals surface area contributed by atoms with E-state index in [4.69, 9.17) is 9.15 Å². The van der Waals surface area contributed by atoms with E-state index in [2.05, 4.69) is 4.94 Å². The number of carbonyl (C=O) groups is 1. The van der Waals surface area contributed by atoms with Crippen molar-refractivity contribution in [3.8, 4) is 5.75 Å². The molecule has 0 aliphatic rings. The van der Waals surface area contributed by atoms with Gasteiger partial charge >= 0.3 is 5.97 Å². The Kier molecular flexibility index (Phi) is 2.76. The van der Waals surface area contributed by atoms with E-state index in [1.807, 2.05) is 0 Å². The minimum atomic E-state index is -0.953. The Morgan fingerprint density at radius 3 is 3.00 bits per heavy atom. The van der Waals surface area contributed by atoms with Crippen molar-refractivity contribution in [3.63, 3.8) is 0 Å². The monoisotopic (exact) mass is 224 g/mol. The summed E-state index contributed by atoms with van der Waals surface area (Å²) < 4.78 is 22.0. The van der Waals surface area contributed by atoms with Crippen molar-refractivity contribution < 1.29 is 23.4 Å². The number of rotatable bonds is 3. The third kappa shape index (κ3) is 1.71. The number of furan rings is 1. The minimum Gasteiger partial charge on any atom is -0.493 e. The van der Waals surface area contributed by atoms with Gasteiger partial charge in [-0.2, -0.15) is 0 Å². The molecule has 0 aliphatic carbocycles. The van der Waals surface area contributed by atoms with E-state index < -0.39 is 5.97 Å². The molecule has 84 valence electrons. The number of halogens is 1. The molecule has 1 aromatic carbocycles. The first-order chi connectivity index (χ1) is 7.76. The van der Waals surface area contributed by atoms with E-state index in [-0.39, 0.29) is 6.42 Å². The molecule has 0 aliphatic heterocycles. The molecule has 2 aromatic rings. The standard InChI is InChI=1S/C11H9FO4/c1-14-9-4-2-3-8-7(5-10(13)16-12)6-15-11(8)9/h2-4,6H,5H2,1H3. The van der Waals surface area contributed by atoms with Crippen LogP contribution in [0.1, 0.15) is 5.56 Å². The molecule has 1 heterocycles. The summed E-state index contributed by atoms with van der Waals surface area (Å²) in [6, 6.07) is 5.27. The second-order valence-corrected chi connectivity index (χ2v) is 3.22. The summed E-state index contributed by atoms with van der Waals surface area (Å²) in [4.78, 5) is 13.9. The quantitative estimate of drug-likeness (QED) is 0.803. The maximum Gasteiger partial charge on any atom is 0.353 e. The smallest absolute Gasteiger partial charge is 0.353 e. The van der Waals surface area contributed by atoms with Crippen LogP contribution in [0.15, 0.2) is 28.9 Å². The van der Waals surface area contributed by atoms with Crippen molar-refractivity contribution in [1.29, 1.82) is 0 Å². The van der Waals surface area contributed by atoms with Crippen molar-refractivity contribution in [1.82, 2.24) is 0 Å². The van der Waals surface area contributed by atoms with Gasteiger partial charge in [-0.3, -0.25) is 4.94 Å². The van der Waals surface area contributed by atoms with Crippen molar-refractivity contribution in [3.05, 3.63) is 30.0 Å². The molecule has 4 nitrogen and oxygen atoms in total. The first kappa shape index (κ1) is 10.5. The highest BCUT2D eigenvalue weighted by Gasteiger charge is 2.14. The lowest BCUT2D eigenvalue weighted by atomic mass is 10.1. The van der Waals surface area contributed by atoms with Gasteiger partial charge in [0.05, 0.1) is 19.8 Å². The number of ether oxygens (including phenoxy) is 1. The van der Waals surface area contributed by atoms with Gasteiger partial charge in [-0.05, 0) is 6.07 Å². The van der Waals surface area contributed by atoms with Crippen molar-refractivity contribution in [2.75, 3.05) is 7.11 Å². The van der Waals surface area contributed by atoms with Crippen LogP contribution >= 0.6 is 0 Å².